The van der Waals surface area contributed by atoms with E-state index in [9.17, 15) is 40.3 Å². The van der Waals surface area contributed by atoms with Crippen LogP contribution in [-0.4, -0.2) is 48.9 Å². The van der Waals surface area contributed by atoms with E-state index in [0.29, 0.717) is 12.1 Å². The Balaban J connectivity index is 2.08. The first-order valence-electron chi connectivity index (χ1n) is 8.17. The number of halogens is 5. The maximum absolute atomic E-state index is 13.4. The molecule has 1 aliphatic heterocycles. The quantitative estimate of drug-likeness (QED) is 0.608. The summed E-state index contributed by atoms with van der Waals surface area (Å²) in [5.41, 5.74) is -0.850. The van der Waals surface area contributed by atoms with Gasteiger partial charge in [-0.2, -0.15) is 13.2 Å². The lowest BCUT2D eigenvalue weighted by Crippen LogP contribution is -2.53. The molecule has 2 aromatic rings. The molecule has 0 unspecified atom stereocenters. The second kappa shape index (κ2) is 7.52. The van der Waals surface area contributed by atoms with Crippen LogP contribution in [-0.2, 0) is 17.1 Å². The largest absolute Gasteiger partial charge is 0.475 e. The summed E-state index contributed by atoms with van der Waals surface area (Å²) in [5.74, 6) is -4.51. The Bertz CT molecular complexity index is 1100. The van der Waals surface area contributed by atoms with Gasteiger partial charge in [-0.1, -0.05) is 0 Å². The highest BCUT2D eigenvalue weighted by Gasteiger charge is 2.51. The fourth-order valence-corrected chi connectivity index (χ4v) is 4.28. The first kappa shape index (κ1) is 22.0. The molecule has 14 heteroatoms. The highest BCUT2D eigenvalue weighted by atomic mass is 32.2. The van der Waals surface area contributed by atoms with Crippen LogP contribution in [0.3, 0.4) is 0 Å². The second-order valence-electron chi connectivity index (χ2n) is 6.36. The van der Waals surface area contributed by atoms with Gasteiger partial charge in [0.15, 0.2) is 23.1 Å². The summed E-state index contributed by atoms with van der Waals surface area (Å²) >= 11 is 0. The average molecular weight is 455 g/mol. The molecule has 8 nitrogen and oxygen atoms in total. The minimum atomic E-state index is -5.10. The number of amides is 1. The molecule has 1 aromatic heterocycles. The molecule has 0 saturated heterocycles. The molecule has 0 spiro atoms. The number of benzene rings is 1. The van der Waals surface area contributed by atoms with E-state index in [2.05, 4.69) is 5.32 Å². The van der Waals surface area contributed by atoms with Crippen molar-refractivity contribution in [1.29, 1.82) is 0 Å². The number of nitrogens with zero attached hydrogens (tertiary/aromatic N) is 1. The number of anilines is 1. The van der Waals surface area contributed by atoms with Crippen molar-refractivity contribution >= 4 is 21.6 Å². The van der Waals surface area contributed by atoms with Gasteiger partial charge in [0.1, 0.15) is 4.90 Å². The number of aromatic nitrogens is 1. The van der Waals surface area contributed by atoms with E-state index in [1.807, 2.05) is 0 Å². The van der Waals surface area contributed by atoms with Gasteiger partial charge in [0, 0.05) is 25.0 Å². The molecule has 164 valence electrons. The van der Waals surface area contributed by atoms with E-state index < -0.39 is 68.8 Å². The van der Waals surface area contributed by atoms with Gasteiger partial charge in [-0.15, -0.1) is 0 Å². The number of aliphatic hydroxyl groups is 1. The zero-order chi connectivity index (χ0) is 22.4. The molecular formula is C16H14F5N3O5S. The predicted octanol–water partition coefficient (Wildman–Crippen LogP) is 1.52. The number of fused-ring (bicyclic) bond motifs is 1. The Hall–Kier alpha value is -2.71. The molecule has 0 radical (unpaired) electrons. The summed E-state index contributed by atoms with van der Waals surface area (Å²) in [6.07, 6.45) is -7.04. The van der Waals surface area contributed by atoms with Crippen LogP contribution in [0.4, 0.5) is 27.6 Å². The van der Waals surface area contributed by atoms with Crippen molar-refractivity contribution in [3.8, 4) is 5.75 Å². The van der Waals surface area contributed by atoms with Crippen molar-refractivity contribution in [2.75, 3.05) is 11.9 Å². The summed E-state index contributed by atoms with van der Waals surface area (Å²) < 4.78 is 99.0. The molecule has 1 aliphatic rings. The van der Waals surface area contributed by atoms with E-state index in [4.69, 9.17) is 4.74 Å². The van der Waals surface area contributed by atoms with E-state index in [1.54, 1.807) is 4.72 Å². The molecule has 1 aromatic carbocycles. The topological polar surface area (TPSA) is 110 Å². The smallest absolute Gasteiger partial charge is 0.427 e. The molecular weight excluding hydrogens is 441 g/mol. The minimum absolute atomic E-state index is 0.232. The number of alkyl halides is 3. The highest BCUT2D eigenvalue weighted by Crippen LogP contribution is 2.38. The number of rotatable bonds is 3. The summed E-state index contributed by atoms with van der Waals surface area (Å²) in [6.45, 7) is -1.23. The van der Waals surface area contributed by atoms with Gasteiger partial charge in [-0.25, -0.2) is 21.9 Å². The Morgan fingerprint density at radius 3 is 2.53 bits per heavy atom. The third-order valence-electron chi connectivity index (χ3n) is 4.22. The molecule has 2 atom stereocenters. The number of nitrogens with one attached hydrogen (secondary N) is 2. The highest BCUT2D eigenvalue weighted by molar-refractivity contribution is 7.89. The van der Waals surface area contributed by atoms with Crippen molar-refractivity contribution in [2.45, 2.75) is 23.2 Å². The zero-order valence-corrected chi connectivity index (χ0v) is 15.8. The van der Waals surface area contributed by atoms with Crippen LogP contribution in [0.2, 0.25) is 0 Å². The van der Waals surface area contributed by atoms with E-state index in [1.165, 1.54) is 7.05 Å². The first-order chi connectivity index (χ1) is 13.8. The summed E-state index contributed by atoms with van der Waals surface area (Å²) in [4.78, 5) is 11.9. The van der Waals surface area contributed by atoms with Crippen molar-refractivity contribution in [2.24, 2.45) is 7.05 Å². The summed E-state index contributed by atoms with van der Waals surface area (Å²) in [5, 5.41) is 11.4. The second-order valence-corrected chi connectivity index (χ2v) is 8.04. The van der Waals surface area contributed by atoms with Gasteiger partial charge >= 0.3 is 6.18 Å². The van der Waals surface area contributed by atoms with Crippen LogP contribution in [0, 0.1) is 11.6 Å². The maximum atomic E-state index is 13.4. The summed E-state index contributed by atoms with van der Waals surface area (Å²) in [6, 6.07) is 0.285. The molecule has 0 saturated carbocycles. The van der Waals surface area contributed by atoms with E-state index >= 15 is 0 Å². The van der Waals surface area contributed by atoms with Crippen molar-refractivity contribution < 1.29 is 45.0 Å². The fourth-order valence-electron chi connectivity index (χ4n) is 2.87. The number of ether oxygens (including phenoxy) is 1. The molecule has 0 aliphatic carbocycles. The third kappa shape index (κ3) is 3.97. The van der Waals surface area contributed by atoms with Gasteiger partial charge < -0.3 is 19.7 Å². The molecule has 1 amide bonds. The third-order valence-corrected chi connectivity index (χ3v) is 5.70. The Morgan fingerprint density at radius 1 is 1.30 bits per heavy atom. The van der Waals surface area contributed by atoms with Crippen LogP contribution in [0.5, 0.6) is 5.75 Å². The molecule has 2 heterocycles. The number of hydrogen-bond donors (Lipinski definition) is 3. The van der Waals surface area contributed by atoms with E-state index in [-0.39, 0.29) is 5.69 Å². The molecule has 0 bridgehead atoms. The minimum Gasteiger partial charge on any atom is -0.475 e. The van der Waals surface area contributed by atoms with Crippen molar-refractivity contribution in [3.05, 3.63) is 41.7 Å². The normalized spacial score (nSPS) is 20.8. The van der Waals surface area contributed by atoms with Gasteiger partial charge in [-0.3, -0.25) is 4.79 Å². The van der Waals surface area contributed by atoms with E-state index in [0.717, 1.165) is 16.8 Å². The Labute approximate surface area is 166 Å². The average Bonchev–Trinajstić information content (AvgIpc) is 2.91. The van der Waals surface area contributed by atoms with Crippen molar-refractivity contribution in [3.63, 3.8) is 0 Å². The number of hydrogen-bond acceptors (Lipinski definition) is 5. The number of carbonyl (C=O) groups is 1. The standard InChI is InChI=1S/C16H14F5N3O5S/c1-24-5-11-13(12(24)15(26)22-7-2-3-8(17)9(18)4-7)29-14(16(19,20)21)10(6-25)23-30(11,27)28/h2-5,10,14,23,25H,6H2,1H3,(H,22,26)/t10-,14+/m0/s1. The summed E-state index contributed by atoms with van der Waals surface area (Å²) in [7, 11) is -3.42. The van der Waals surface area contributed by atoms with Crippen molar-refractivity contribution in [1.82, 2.24) is 9.29 Å². The van der Waals surface area contributed by atoms with Crippen LogP contribution in [0.15, 0.2) is 29.3 Å². The zero-order valence-electron chi connectivity index (χ0n) is 15.0. The molecule has 3 N–H and O–H groups in total. The number of aliphatic hydroxyl groups excluding tert-OH is 1. The van der Waals surface area contributed by atoms with Crippen LogP contribution >= 0.6 is 0 Å². The first-order valence-corrected chi connectivity index (χ1v) is 9.65. The number of aryl methyl sites for hydroxylation is 1. The predicted molar refractivity (Wildman–Crippen MR) is 91.4 cm³/mol. The van der Waals surface area contributed by atoms with Gasteiger partial charge in [0.25, 0.3) is 5.91 Å². The maximum Gasteiger partial charge on any atom is 0.427 e. The lowest BCUT2D eigenvalue weighted by Gasteiger charge is -2.26. The van der Waals surface area contributed by atoms with Gasteiger partial charge in [0.2, 0.25) is 16.1 Å². The SMILES string of the molecule is Cn1cc2c(c1C(=O)Nc1ccc(F)c(F)c1)O[C@@H](C(F)(F)F)[C@H](CO)NS2(=O)=O. The number of sulfonamides is 1. The van der Waals surface area contributed by atoms with Crippen LogP contribution in [0.25, 0.3) is 0 Å². The Morgan fingerprint density at radius 2 is 1.97 bits per heavy atom. The van der Waals surface area contributed by atoms with Gasteiger partial charge in [-0.05, 0) is 12.1 Å². The fraction of sp³-hybridized carbons (Fsp3) is 0.312. The number of carbonyl (C=O) groups excluding carboxylic acids is 1. The lowest BCUT2D eigenvalue weighted by molar-refractivity contribution is -0.204. The Kier molecular flexibility index (Phi) is 5.51. The van der Waals surface area contributed by atoms with Crippen LogP contribution in [0.1, 0.15) is 10.5 Å². The molecule has 3 rings (SSSR count). The lowest BCUT2D eigenvalue weighted by atomic mass is 10.1. The van der Waals surface area contributed by atoms with Gasteiger partial charge in [0.05, 0.1) is 12.6 Å². The monoisotopic (exact) mass is 455 g/mol. The molecule has 30 heavy (non-hydrogen) atoms. The van der Waals surface area contributed by atoms with Crippen LogP contribution < -0.4 is 14.8 Å². The molecule has 0 fully saturated rings.